The van der Waals surface area contributed by atoms with Gasteiger partial charge in [0.1, 0.15) is 11.0 Å². The molecular formula is C27H20N3NaO6S. The first-order valence-corrected chi connectivity index (χ1v) is 11.6. The zero-order valence-electron chi connectivity index (χ0n) is 21.1. The molecule has 11 heteroatoms. The summed E-state index contributed by atoms with van der Waals surface area (Å²) in [7, 11) is 4.28. The van der Waals surface area contributed by atoms with Crippen LogP contribution in [-0.4, -0.2) is 41.8 Å². The molecule has 0 spiro atoms. The van der Waals surface area contributed by atoms with Crippen LogP contribution in [0.4, 0.5) is 0 Å². The van der Waals surface area contributed by atoms with E-state index >= 15 is 0 Å². The van der Waals surface area contributed by atoms with Gasteiger partial charge in [-0.05, 0) is 47.5 Å². The van der Waals surface area contributed by atoms with Crippen molar-refractivity contribution in [3.63, 3.8) is 0 Å². The number of aliphatic carboxylic acids is 1. The van der Waals surface area contributed by atoms with Gasteiger partial charge in [-0.2, -0.15) is 14.0 Å². The summed E-state index contributed by atoms with van der Waals surface area (Å²) in [5, 5.41) is 21.6. The monoisotopic (exact) mass is 537 g/mol. The smallest absolute Gasteiger partial charge is 0.545 e. The number of hydrogen-bond donors (Lipinski definition) is 0. The van der Waals surface area contributed by atoms with Crippen LogP contribution in [0.25, 0.3) is 16.6 Å². The molecule has 0 N–H and O–H groups in total. The maximum absolute atomic E-state index is 14.0. The molecule has 4 rings (SSSR count). The molecule has 0 saturated carbocycles. The summed E-state index contributed by atoms with van der Waals surface area (Å²) in [5.41, 5.74) is 2.25. The minimum absolute atomic E-state index is 0. The molecule has 0 fully saturated rings. The van der Waals surface area contributed by atoms with E-state index in [1.54, 1.807) is 42.5 Å². The van der Waals surface area contributed by atoms with Gasteiger partial charge in [-0.3, -0.25) is 4.79 Å². The molecule has 0 atom stereocenters. The Labute approximate surface area is 244 Å². The second-order valence-electron chi connectivity index (χ2n) is 7.84. The van der Waals surface area contributed by atoms with E-state index < -0.39 is 11.8 Å². The number of carbonyl (C=O) groups is 2. The summed E-state index contributed by atoms with van der Waals surface area (Å²) >= 11 is 0.999. The largest absolute Gasteiger partial charge is 1.00 e. The number of aromatic nitrogens is 2. The first-order chi connectivity index (χ1) is 17.9. The average Bonchev–Trinajstić information content (AvgIpc) is 3.39. The molecule has 1 heterocycles. The van der Waals surface area contributed by atoms with Crippen molar-refractivity contribution >= 4 is 40.1 Å². The number of ether oxygens (including phenoxy) is 3. The van der Waals surface area contributed by atoms with E-state index in [-0.39, 0.29) is 69.8 Å². The van der Waals surface area contributed by atoms with Crippen molar-refractivity contribution in [3.8, 4) is 23.3 Å². The van der Waals surface area contributed by atoms with Gasteiger partial charge in [0, 0.05) is 23.1 Å². The molecule has 1 aromatic heterocycles. The predicted octanol–water partition coefficient (Wildman–Crippen LogP) is 0.222. The van der Waals surface area contributed by atoms with Crippen LogP contribution in [0.1, 0.15) is 27.0 Å². The number of allylic oxidation sites excluding steroid dienone is 1. The van der Waals surface area contributed by atoms with Crippen molar-refractivity contribution in [1.29, 1.82) is 5.26 Å². The minimum atomic E-state index is -1.52. The third-order valence-corrected chi connectivity index (χ3v) is 6.27. The number of rotatable bonds is 9. The number of carboxylic acid groups (broad SMARTS) is 1. The molecule has 9 nitrogen and oxygen atoms in total. The van der Waals surface area contributed by atoms with Crippen LogP contribution in [0, 0.1) is 11.3 Å². The number of benzene rings is 3. The second-order valence-corrected chi connectivity index (χ2v) is 8.37. The molecule has 0 saturated heterocycles. The molecule has 38 heavy (non-hydrogen) atoms. The van der Waals surface area contributed by atoms with Gasteiger partial charge in [0.2, 0.25) is 5.75 Å². The number of ketones is 1. The van der Waals surface area contributed by atoms with Crippen LogP contribution in [0.5, 0.6) is 17.2 Å². The van der Waals surface area contributed by atoms with E-state index in [0.29, 0.717) is 27.9 Å². The van der Waals surface area contributed by atoms with Crippen LogP contribution >= 0.6 is 11.7 Å². The van der Waals surface area contributed by atoms with Gasteiger partial charge in [0.15, 0.2) is 17.3 Å². The number of hydrogen-bond acceptors (Lipinski definition) is 10. The Bertz CT molecular complexity index is 1550. The second kappa shape index (κ2) is 12.7. The zero-order valence-corrected chi connectivity index (χ0v) is 23.9. The van der Waals surface area contributed by atoms with E-state index in [4.69, 9.17) is 19.5 Å². The van der Waals surface area contributed by atoms with E-state index in [1.807, 2.05) is 6.07 Å². The molecule has 0 unspecified atom stereocenters. The zero-order chi connectivity index (χ0) is 26.5. The predicted molar refractivity (Wildman–Crippen MR) is 135 cm³/mol. The normalized spacial score (nSPS) is 11.1. The number of methoxy groups -OCH3 is 3. The number of Topliss-reactive ketones (excluding diaryl/α,β-unsaturated/α-hetero) is 1. The molecule has 4 aromatic rings. The summed E-state index contributed by atoms with van der Waals surface area (Å²) in [6.07, 6.45) is -0.0438. The van der Waals surface area contributed by atoms with Crippen molar-refractivity contribution in [2.24, 2.45) is 0 Å². The topological polar surface area (TPSA) is 134 Å². The molecule has 0 aliphatic rings. The SMILES string of the molecule is COc1cc(C(=O)/C(Cc2ccc(C#N)cc2)=C(/C(=O)[O-])c2ccc3nsnc3c2)cc(OC)c1OC.[Na+]. The van der Waals surface area contributed by atoms with Crippen molar-refractivity contribution in [2.45, 2.75) is 6.42 Å². The maximum atomic E-state index is 14.0. The third-order valence-electron chi connectivity index (χ3n) is 5.71. The van der Waals surface area contributed by atoms with Crippen LogP contribution in [-0.2, 0) is 11.2 Å². The van der Waals surface area contributed by atoms with Gasteiger partial charge in [-0.25, -0.2) is 0 Å². The van der Waals surface area contributed by atoms with Gasteiger partial charge in [-0.15, -0.1) is 0 Å². The summed E-state index contributed by atoms with van der Waals surface area (Å²) in [6, 6.07) is 16.3. The van der Waals surface area contributed by atoms with Crippen LogP contribution in [0.3, 0.4) is 0 Å². The van der Waals surface area contributed by atoms with E-state index in [2.05, 4.69) is 8.75 Å². The molecule has 0 amide bonds. The molecular weight excluding hydrogens is 517 g/mol. The summed E-state index contributed by atoms with van der Waals surface area (Å²) in [4.78, 5) is 26.5. The Balaban J connectivity index is 0.00000400. The van der Waals surface area contributed by atoms with Gasteiger partial charge in [0.25, 0.3) is 0 Å². The maximum Gasteiger partial charge on any atom is 1.00 e. The van der Waals surface area contributed by atoms with Gasteiger partial charge in [-0.1, -0.05) is 18.2 Å². The Morgan fingerprint density at radius 1 is 0.895 bits per heavy atom. The Morgan fingerprint density at radius 3 is 2.08 bits per heavy atom. The number of carbonyl (C=O) groups excluding carboxylic acids is 2. The molecule has 186 valence electrons. The van der Waals surface area contributed by atoms with Crippen LogP contribution < -0.4 is 48.9 Å². The van der Waals surface area contributed by atoms with Crippen molar-refractivity contribution in [1.82, 2.24) is 8.75 Å². The quantitative estimate of drug-likeness (QED) is 0.167. The van der Waals surface area contributed by atoms with E-state index in [0.717, 1.165) is 11.7 Å². The van der Waals surface area contributed by atoms with Gasteiger partial charge < -0.3 is 24.1 Å². The summed E-state index contributed by atoms with van der Waals surface area (Å²) in [5.74, 6) is -1.31. The third kappa shape index (κ3) is 5.87. The average molecular weight is 538 g/mol. The van der Waals surface area contributed by atoms with Crippen LogP contribution in [0.2, 0.25) is 0 Å². The van der Waals surface area contributed by atoms with Crippen molar-refractivity contribution in [2.75, 3.05) is 21.3 Å². The van der Waals surface area contributed by atoms with Crippen LogP contribution in [0.15, 0.2) is 60.2 Å². The number of carboxylic acids is 1. The molecule has 0 bridgehead atoms. The number of fused-ring (bicyclic) bond motifs is 1. The van der Waals surface area contributed by atoms with Gasteiger partial charge in [0.05, 0.1) is 50.7 Å². The molecule has 0 radical (unpaired) electrons. The Morgan fingerprint density at radius 2 is 1.53 bits per heavy atom. The Kier molecular flexibility index (Phi) is 9.61. The summed E-state index contributed by atoms with van der Waals surface area (Å²) in [6.45, 7) is 0. The first-order valence-electron chi connectivity index (χ1n) is 10.9. The van der Waals surface area contributed by atoms with E-state index in [1.165, 1.54) is 33.5 Å². The number of nitriles is 1. The molecule has 0 aliphatic carbocycles. The standard InChI is InChI=1S/C27H21N3O6S.Na/c1-34-22-12-18(13-23(35-2)26(22)36-3)25(31)19(10-15-4-6-16(14-28)7-5-15)24(27(32)33)17-8-9-20-21(11-17)30-37-29-20;/h4-9,11-13H,10H2,1-3H3,(H,32,33);/q;+1/p-1/b24-19+;. The fourth-order valence-electron chi connectivity index (χ4n) is 3.92. The van der Waals surface area contributed by atoms with Crippen molar-refractivity contribution < 1.29 is 58.5 Å². The van der Waals surface area contributed by atoms with Crippen molar-refractivity contribution in [3.05, 3.63) is 82.4 Å². The van der Waals surface area contributed by atoms with E-state index in [9.17, 15) is 14.7 Å². The Hall–Kier alpha value is -3.75. The fraction of sp³-hybridized carbons (Fsp3) is 0.148. The summed E-state index contributed by atoms with van der Waals surface area (Å²) < 4.78 is 24.4. The van der Waals surface area contributed by atoms with Gasteiger partial charge >= 0.3 is 29.6 Å². The minimum Gasteiger partial charge on any atom is -0.545 e. The fourth-order valence-corrected chi connectivity index (χ4v) is 4.44. The molecule has 0 aliphatic heterocycles. The number of nitrogens with zero attached hydrogens (tertiary/aromatic N) is 3. The molecule has 3 aromatic carbocycles. The first kappa shape index (κ1) is 28.8.